The number of piperidine rings is 1. The van der Waals surface area contributed by atoms with Crippen molar-refractivity contribution in [2.24, 2.45) is 0 Å². The van der Waals surface area contributed by atoms with E-state index >= 15 is 0 Å². The number of sulfonamides is 1. The van der Waals surface area contributed by atoms with E-state index in [2.05, 4.69) is 22.3 Å². The molecule has 1 aliphatic rings. The molecule has 32 heavy (non-hydrogen) atoms. The molecule has 6 nitrogen and oxygen atoms in total. The molecule has 1 N–H and O–H groups in total. The SMILES string of the molecule is C[C@H](NC(=O)CCCN(c1ccccc1F)S(C)(=O)=O)c1ccc(N2CCCCC2)cc1. The third-order valence-electron chi connectivity index (χ3n) is 5.78. The number of benzene rings is 2. The predicted molar refractivity (Wildman–Crippen MR) is 127 cm³/mol. The Labute approximate surface area is 190 Å². The number of para-hydroxylation sites is 1. The van der Waals surface area contributed by atoms with E-state index in [0.29, 0.717) is 0 Å². The number of carbonyl (C=O) groups excluding carboxylic acids is 1. The molecule has 1 amide bonds. The summed E-state index contributed by atoms with van der Waals surface area (Å²) < 4.78 is 39.3. The number of hydrogen-bond donors (Lipinski definition) is 1. The zero-order valence-corrected chi connectivity index (χ0v) is 19.6. The van der Waals surface area contributed by atoms with Gasteiger partial charge in [0.15, 0.2) is 0 Å². The Morgan fingerprint density at radius 1 is 1.09 bits per heavy atom. The zero-order chi connectivity index (χ0) is 23.1. The van der Waals surface area contributed by atoms with Gasteiger partial charge in [-0.05, 0) is 62.4 Å². The number of carbonyl (C=O) groups is 1. The van der Waals surface area contributed by atoms with Crippen LogP contribution in [0.2, 0.25) is 0 Å². The lowest BCUT2D eigenvalue weighted by atomic mass is 10.1. The Balaban J connectivity index is 1.52. The first-order valence-corrected chi connectivity index (χ1v) is 13.0. The molecule has 2 aromatic rings. The van der Waals surface area contributed by atoms with Crippen LogP contribution in [-0.2, 0) is 14.8 Å². The van der Waals surface area contributed by atoms with Gasteiger partial charge in [-0.1, -0.05) is 24.3 Å². The Kier molecular flexibility index (Phi) is 8.12. The molecule has 1 heterocycles. The van der Waals surface area contributed by atoms with Crippen LogP contribution < -0.4 is 14.5 Å². The van der Waals surface area contributed by atoms with Gasteiger partial charge in [0.2, 0.25) is 15.9 Å². The lowest BCUT2D eigenvalue weighted by Crippen LogP contribution is -2.33. The van der Waals surface area contributed by atoms with Crippen molar-refractivity contribution in [2.45, 2.75) is 45.1 Å². The van der Waals surface area contributed by atoms with Gasteiger partial charge in [0.1, 0.15) is 5.82 Å². The van der Waals surface area contributed by atoms with E-state index < -0.39 is 15.8 Å². The molecule has 0 unspecified atom stereocenters. The van der Waals surface area contributed by atoms with Gasteiger partial charge in [0, 0.05) is 31.7 Å². The van der Waals surface area contributed by atoms with Crippen LogP contribution in [0.4, 0.5) is 15.8 Å². The molecule has 3 rings (SSSR count). The third-order valence-corrected chi connectivity index (χ3v) is 6.96. The second-order valence-electron chi connectivity index (χ2n) is 8.32. The molecule has 1 saturated heterocycles. The van der Waals surface area contributed by atoms with Crippen LogP contribution in [0, 0.1) is 5.82 Å². The van der Waals surface area contributed by atoms with Crippen LogP contribution in [-0.4, -0.2) is 40.2 Å². The fourth-order valence-corrected chi connectivity index (χ4v) is 4.99. The first kappa shape index (κ1) is 24.0. The van der Waals surface area contributed by atoms with E-state index in [4.69, 9.17) is 0 Å². The highest BCUT2D eigenvalue weighted by Gasteiger charge is 2.21. The average molecular weight is 462 g/mol. The average Bonchev–Trinajstić information content (AvgIpc) is 2.77. The van der Waals surface area contributed by atoms with E-state index in [9.17, 15) is 17.6 Å². The molecule has 1 atom stereocenters. The van der Waals surface area contributed by atoms with Gasteiger partial charge >= 0.3 is 0 Å². The molecule has 0 spiro atoms. The zero-order valence-electron chi connectivity index (χ0n) is 18.8. The summed E-state index contributed by atoms with van der Waals surface area (Å²) in [4.78, 5) is 14.8. The molecule has 0 aliphatic carbocycles. The molecule has 0 radical (unpaired) electrons. The van der Waals surface area contributed by atoms with Crippen molar-refractivity contribution in [2.75, 3.05) is 35.1 Å². The maximum absolute atomic E-state index is 14.1. The van der Waals surface area contributed by atoms with E-state index in [0.717, 1.165) is 29.2 Å². The number of rotatable bonds is 9. The highest BCUT2D eigenvalue weighted by molar-refractivity contribution is 7.92. The quantitative estimate of drug-likeness (QED) is 0.606. The fourth-order valence-electron chi connectivity index (χ4n) is 4.03. The summed E-state index contributed by atoms with van der Waals surface area (Å²) in [5.41, 5.74) is 2.22. The summed E-state index contributed by atoms with van der Waals surface area (Å²) in [6.45, 7) is 4.13. The second-order valence-corrected chi connectivity index (χ2v) is 10.2. The number of nitrogens with one attached hydrogen (secondary N) is 1. The molecule has 0 aromatic heterocycles. The summed E-state index contributed by atoms with van der Waals surface area (Å²) in [6.07, 6.45) is 5.21. The van der Waals surface area contributed by atoms with E-state index in [1.165, 1.54) is 43.1 Å². The van der Waals surface area contributed by atoms with Crippen molar-refractivity contribution in [3.63, 3.8) is 0 Å². The minimum Gasteiger partial charge on any atom is -0.372 e. The Bertz CT molecular complexity index is 1010. The molecule has 8 heteroatoms. The van der Waals surface area contributed by atoms with Crippen LogP contribution in [0.25, 0.3) is 0 Å². The molecular formula is C24H32FN3O3S. The molecule has 2 aromatic carbocycles. The van der Waals surface area contributed by atoms with Gasteiger partial charge in [-0.2, -0.15) is 0 Å². The number of anilines is 2. The van der Waals surface area contributed by atoms with Gasteiger partial charge in [-0.15, -0.1) is 0 Å². The van der Waals surface area contributed by atoms with E-state index in [1.807, 2.05) is 19.1 Å². The predicted octanol–water partition coefficient (Wildman–Crippen LogP) is 4.24. The number of amides is 1. The van der Waals surface area contributed by atoms with Crippen LogP contribution in [0.1, 0.15) is 50.6 Å². The fraction of sp³-hybridized carbons (Fsp3) is 0.458. The van der Waals surface area contributed by atoms with Gasteiger partial charge in [-0.3, -0.25) is 9.10 Å². The van der Waals surface area contributed by atoms with Crippen LogP contribution in [0.5, 0.6) is 0 Å². The summed E-state index contributed by atoms with van der Waals surface area (Å²) in [7, 11) is -3.66. The van der Waals surface area contributed by atoms with Crippen molar-refractivity contribution in [1.82, 2.24) is 5.32 Å². The highest BCUT2D eigenvalue weighted by Crippen LogP contribution is 2.23. The topological polar surface area (TPSA) is 69.7 Å². The lowest BCUT2D eigenvalue weighted by Gasteiger charge is -2.29. The summed E-state index contributed by atoms with van der Waals surface area (Å²) in [5.74, 6) is -0.774. The standard InChI is InChI=1S/C24H32FN3O3S/c1-19(20-12-14-21(15-13-20)27-16-6-3-7-17-27)26-24(29)11-8-18-28(32(2,30)31)23-10-5-4-9-22(23)25/h4-5,9-10,12-15,19H,3,6-8,11,16-18H2,1-2H3,(H,26,29)/t19-/m0/s1. The normalized spacial score (nSPS) is 15.3. The molecule has 0 bridgehead atoms. The Morgan fingerprint density at radius 3 is 2.38 bits per heavy atom. The van der Waals surface area contributed by atoms with Crippen LogP contribution >= 0.6 is 0 Å². The maximum Gasteiger partial charge on any atom is 0.232 e. The molecule has 1 aliphatic heterocycles. The summed E-state index contributed by atoms with van der Waals surface area (Å²) >= 11 is 0. The van der Waals surface area contributed by atoms with E-state index in [1.54, 1.807) is 6.07 Å². The van der Waals surface area contributed by atoms with Crippen molar-refractivity contribution in [1.29, 1.82) is 0 Å². The third kappa shape index (κ3) is 6.45. The minimum atomic E-state index is -3.66. The summed E-state index contributed by atoms with van der Waals surface area (Å²) in [6, 6.07) is 13.9. The van der Waals surface area contributed by atoms with Crippen molar-refractivity contribution in [3.05, 3.63) is 59.9 Å². The molecule has 0 saturated carbocycles. The second kappa shape index (κ2) is 10.8. The molecule has 1 fully saturated rings. The molecule has 174 valence electrons. The van der Waals surface area contributed by atoms with Crippen LogP contribution in [0.3, 0.4) is 0 Å². The first-order valence-electron chi connectivity index (χ1n) is 11.1. The first-order chi connectivity index (χ1) is 15.3. The number of hydrogen-bond acceptors (Lipinski definition) is 4. The highest BCUT2D eigenvalue weighted by atomic mass is 32.2. The van der Waals surface area contributed by atoms with Crippen LogP contribution in [0.15, 0.2) is 48.5 Å². The smallest absolute Gasteiger partial charge is 0.232 e. The monoisotopic (exact) mass is 461 g/mol. The van der Waals surface area contributed by atoms with Crippen molar-refractivity contribution in [3.8, 4) is 0 Å². The largest absolute Gasteiger partial charge is 0.372 e. The van der Waals surface area contributed by atoms with Gasteiger partial charge in [0.25, 0.3) is 0 Å². The van der Waals surface area contributed by atoms with Gasteiger partial charge in [0.05, 0.1) is 18.0 Å². The summed E-state index contributed by atoms with van der Waals surface area (Å²) in [5, 5.41) is 2.96. The lowest BCUT2D eigenvalue weighted by molar-refractivity contribution is -0.121. The minimum absolute atomic E-state index is 0.00225. The Morgan fingerprint density at radius 2 is 1.75 bits per heavy atom. The van der Waals surface area contributed by atoms with Crippen molar-refractivity contribution < 1.29 is 17.6 Å². The number of halogens is 1. The maximum atomic E-state index is 14.1. The van der Waals surface area contributed by atoms with Gasteiger partial charge < -0.3 is 10.2 Å². The van der Waals surface area contributed by atoms with Crippen molar-refractivity contribution >= 4 is 27.3 Å². The Hall–Kier alpha value is -2.61. The van der Waals surface area contributed by atoms with E-state index in [-0.39, 0.29) is 37.0 Å². The molecular weight excluding hydrogens is 429 g/mol. The number of nitrogens with zero attached hydrogens (tertiary/aromatic N) is 2. The van der Waals surface area contributed by atoms with Gasteiger partial charge in [-0.25, -0.2) is 12.8 Å².